The van der Waals surface area contributed by atoms with Crippen LogP contribution < -0.4 is 0 Å². The van der Waals surface area contributed by atoms with Gasteiger partial charge in [-0.15, -0.1) is 0 Å². The molecule has 1 fully saturated rings. The lowest BCUT2D eigenvalue weighted by Crippen LogP contribution is -2.34. The number of ether oxygens (including phenoxy) is 1. The molecule has 3 N–H and O–H groups in total. The molecule has 0 unspecified atom stereocenters. The highest BCUT2D eigenvalue weighted by molar-refractivity contribution is 6.31. The van der Waals surface area contributed by atoms with Gasteiger partial charge in [-0.25, -0.2) is 9.97 Å². The Morgan fingerprint density at radius 3 is 2.67 bits per heavy atom. The maximum absolute atomic E-state index is 10.7. The van der Waals surface area contributed by atoms with E-state index in [0.29, 0.717) is 16.2 Å². The number of benzene rings is 1. The van der Waals surface area contributed by atoms with Crippen molar-refractivity contribution >= 4 is 22.6 Å². The topological polar surface area (TPSA) is 101 Å². The molecule has 2 aromatic heterocycles. The van der Waals surface area contributed by atoms with Crippen LogP contribution in [0.15, 0.2) is 36.8 Å². The average molecular weight is 390 g/mol. The summed E-state index contributed by atoms with van der Waals surface area (Å²) >= 11 is 6.14. The van der Waals surface area contributed by atoms with Gasteiger partial charge in [0.15, 0.2) is 6.23 Å². The van der Waals surface area contributed by atoms with E-state index in [4.69, 9.17) is 16.3 Å². The first-order valence-electron chi connectivity index (χ1n) is 8.62. The van der Waals surface area contributed by atoms with Crippen molar-refractivity contribution in [3.63, 3.8) is 0 Å². The maximum Gasteiger partial charge on any atom is 0.164 e. The van der Waals surface area contributed by atoms with Crippen LogP contribution in [0.2, 0.25) is 5.02 Å². The van der Waals surface area contributed by atoms with Crippen molar-refractivity contribution in [1.29, 1.82) is 0 Å². The summed E-state index contributed by atoms with van der Waals surface area (Å²) in [5, 5.41) is 33.1. The van der Waals surface area contributed by atoms with Gasteiger partial charge in [0, 0.05) is 16.6 Å². The highest BCUT2D eigenvalue weighted by atomic mass is 35.5. The highest BCUT2D eigenvalue weighted by Gasteiger charge is 2.47. The summed E-state index contributed by atoms with van der Waals surface area (Å²) in [6.07, 6.45) is -2.37. The van der Waals surface area contributed by atoms with Crippen LogP contribution in [0.3, 0.4) is 0 Å². The van der Waals surface area contributed by atoms with E-state index in [0.717, 1.165) is 16.6 Å². The minimum atomic E-state index is -1.27. The second-order valence-electron chi connectivity index (χ2n) is 6.85. The minimum absolute atomic E-state index is 0.512. The summed E-state index contributed by atoms with van der Waals surface area (Å²) in [4.78, 5) is 8.40. The first kappa shape index (κ1) is 18.3. The summed E-state index contributed by atoms with van der Waals surface area (Å²) in [5.41, 5.74) is 2.79. The number of fused-ring (bicyclic) bond motifs is 1. The summed E-state index contributed by atoms with van der Waals surface area (Å²) < 4.78 is 7.52. The van der Waals surface area contributed by atoms with E-state index >= 15 is 0 Å². The third-order valence-corrected chi connectivity index (χ3v) is 5.51. The Morgan fingerprint density at radius 1 is 1.15 bits per heavy atom. The molecule has 0 aliphatic carbocycles. The van der Waals surface area contributed by atoms with Crippen LogP contribution in [0.1, 0.15) is 29.2 Å². The Morgan fingerprint density at radius 2 is 1.93 bits per heavy atom. The van der Waals surface area contributed by atoms with Gasteiger partial charge in [-0.1, -0.05) is 23.7 Å². The quantitative estimate of drug-likeness (QED) is 0.634. The van der Waals surface area contributed by atoms with Gasteiger partial charge in [0.2, 0.25) is 0 Å². The molecule has 5 atom stereocenters. The van der Waals surface area contributed by atoms with Crippen molar-refractivity contribution in [3.8, 4) is 0 Å². The third kappa shape index (κ3) is 3.01. The SMILES string of the molecule is Cc1ccc([C@@H](O)[C@H]2O[C@@H](n3ccc4c(C)ncnc43)[C@H](O)[C@@H]2O)cc1Cl. The Balaban J connectivity index is 1.66. The monoisotopic (exact) mass is 389 g/mol. The van der Waals surface area contributed by atoms with Gasteiger partial charge in [0.25, 0.3) is 0 Å². The summed E-state index contributed by atoms with van der Waals surface area (Å²) in [7, 11) is 0. The molecule has 1 aliphatic rings. The van der Waals surface area contributed by atoms with E-state index in [1.165, 1.54) is 6.33 Å². The summed E-state index contributed by atoms with van der Waals surface area (Å²) in [5.74, 6) is 0. The molecule has 1 saturated heterocycles. The normalized spacial score (nSPS) is 26.6. The van der Waals surface area contributed by atoms with Crippen LogP contribution in [0.5, 0.6) is 0 Å². The average Bonchev–Trinajstić information content (AvgIpc) is 3.20. The number of aromatic nitrogens is 3. The van der Waals surface area contributed by atoms with Crippen molar-refractivity contribution in [2.45, 2.75) is 44.5 Å². The van der Waals surface area contributed by atoms with E-state index in [1.807, 2.05) is 19.9 Å². The van der Waals surface area contributed by atoms with Gasteiger partial charge in [0.1, 0.15) is 36.4 Å². The van der Waals surface area contributed by atoms with Crippen LogP contribution in [-0.2, 0) is 4.74 Å². The van der Waals surface area contributed by atoms with Gasteiger partial charge >= 0.3 is 0 Å². The third-order valence-electron chi connectivity index (χ3n) is 5.11. The Labute approximate surface area is 160 Å². The van der Waals surface area contributed by atoms with Gasteiger partial charge in [0.05, 0.1) is 5.69 Å². The van der Waals surface area contributed by atoms with Gasteiger partial charge < -0.3 is 24.6 Å². The fourth-order valence-corrected chi connectivity index (χ4v) is 3.65. The standard InChI is InChI=1S/C19H20ClN3O4/c1-9-3-4-11(7-13(9)20)14(24)17-15(25)16(26)19(27-17)23-6-5-12-10(2)21-8-22-18(12)23/h3-8,14-17,19,24-26H,1-2H3/t14-,15+,16-,17-,19-/m1/s1. The zero-order valence-electron chi connectivity index (χ0n) is 14.8. The zero-order valence-corrected chi connectivity index (χ0v) is 15.6. The number of aliphatic hydroxyl groups excluding tert-OH is 3. The lowest BCUT2D eigenvalue weighted by Gasteiger charge is -2.22. The molecule has 142 valence electrons. The number of rotatable bonds is 3. The number of halogens is 1. The molecule has 3 heterocycles. The first-order chi connectivity index (χ1) is 12.9. The van der Waals surface area contributed by atoms with Crippen LogP contribution in [0, 0.1) is 13.8 Å². The fraction of sp³-hybridized carbons (Fsp3) is 0.368. The molecule has 0 bridgehead atoms. The minimum Gasteiger partial charge on any atom is -0.387 e. The van der Waals surface area contributed by atoms with Crippen LogP contribution in [-0.4, -0.2) is 48.2 Å². The molecule has 8 heteroatoms. The molecule has 4 rings (SSSR count). The highest BCUT2D eigenvalue weighted by Crippen LogP contribution is 2.38. The molecule has 0 amide bonds. The van der Waals surface area contributed by atoms with Crippen LogP contribution in [0.4, 0.5) is 0 Å². The van der Waals surface area contributed by atoms with E-state index in [-0.39, 0.29) is 0 Å². The van der Waals surface area contributed by atoms with Gasteiger partial charge in [-0.3, -0.25) is 0 Å². The second kappa shape index (κ2) is 6.85. The molecule has 7 nitrogen and oxygen atoms in total. The Kier molecular flexibility index (Phi) is 4.65. The van der Waals surface area contributed by atoms with Crippen LogP contribution in [0.25, 0.3) is 11.0 Å². The van der Waals surface area contributed by atoms with Crippen LogP contribution >= 0.6 is 11.6 Å². The number of hydrogen-bond acceptors (Lipinski definition) is 6. The molecule has 1 aromatic carbocycles. The molecule has 3 aromatic rings. The Hall–Kier alpha value is -2.03. The molecular weight excluding hydrogens is 370 g/mol. The lowest BCUT2D eigenvalue weighted by atomic mass is 9.98. The van der Waals surface area contributed by atoms with Gasteiger partial charge in [-0.2, -0.15) is 0 Å². The number of hydrogen-bond donors (Lipinski definition) is 3. The lowest BCUT2D eigenvalue weighted by molar-refractivity contribution is -0.0848. The molecule has 0 spiro atoms. The molecule has 27 heavy (non-hydrogen) atoms. The first-order valence-corrected chi connectivity index (χ1v) is 9.00. The Bertz CT molecular complexity index is 992. The van der Waals surface area contributed by atoms with Crippen molar-refractivity contribution in [2.24, 2.45) is 0 Å². The second-order valence-corrected chi connectivity index (χ2v) is 7.25. The number of aliphatic hydroxyl groups is 3. The zero-order chi connectivity index (χ0) is 19.3. The number of aryl methyl sites for hydroxylation is 2. The fourth-order valence-electron chi connectivity index (χ4n) is 3.46. The van der Waals surface area contributed by atoms with Crippen molar-refractivity contribution in [3.05, 3.63) is 58.6 Å². The number of nitrogens with zero attached hydrogens (tertiary/aromatic N) is 3. The predicted molar refractivity (Wildman–Crippen MR) is 99.3 cm³/mol. The van der Waals surface area contributed by atoms with Crippen molar-refractivity contribution < 1.29 is 20.1 Å². The molecule has 0 saturated carbocycles. The van der Waals surface area contributed by atoms with E-state index in [1.54, 1.807) is 29.0 Å². The van der Waals surface area contributed by atoms with E-state index < -0.39 is 30.6 Å². The van der Waals surface area contributed by atoms with Crippen molar-refractivity contribution in [1.82, 2.24) is 14.5 Å². The smallest absolute Gasteiger partial charge is 0.164 e. The van der Waals surface area contributed by atoms with E-state index in [2.05, 4.69) is 9.97 Å². The van der Waals surface area contributed by atoms with E-state index in [9.17, 15) is 15.3 Å². The molecular formula is C19H20ClN3O4. The summed E-state index contributed by atoms with van der Waals surface area (Å²) in [6, 6.07) is 6.98. The van der Waals surface area contributed by atoms with Crippen molar-refractivity contribution in [2.75, 3.05) is 0 Å². The molecule has 1 aliphatic heterocycles. The largest absolute Gasteiger partial charge is 0.387 e. The van der Waals surface area contributed by atoms with Gasteiger partial charge in [-0.05, 0) is 37.1 Å². The summed E-state index contributed by atoms with van der Waals surface area (Å²) in [6.45, 7) is 3.73. The predicted octanol–water partition coefficient (Wildman–Crippen LogP) is 2.05. The maximum atomic E-state index is 10.7. The molecule has 0 radical (unpaired) electrons.